The van der Waals surface area contributed by atoms with Crippen LogP contribution in [-0.4, -0.2) is 17.0 Å². The summed E-state index contributed by atoms with van der Waals surface area (Å²) in [4.78, 5) is 25.0. The van der Waals surface area contributed by atoms with Crippen molar-refractivity contribution < 1.29 is 9.66 Å². The molecule has 0 radical (unpaired) electrons. The summed E-state index contributed by atoms with van der Waals surface area (Å²) in [5.74, 6) is 0.582. The molecule has 134 valence electrons. The number of nitriles is 1. The molecule has 27 heavy (non-hydrogen) atoms. The van der Waals surface area contributed by atoms with E-state index in [9.17, 15) is 14.9 Å². The third kappa shape index (κ3) is 4.02. The van der Waals surface area contributed by atoms with Crippen LogP contribution in [0.3, 0.4) is 0 Å². The Hall–Kier alpha value is -3.92. The van der Waals surface area contributed by atoms with Gasteiger partial charge in [-0.1, -0.05) is 18.2 Å². The van der Waals surface area contributed by atoms with Crippen LogP contribution in [0.25, 0.3) is 11.1 Å². The summed E-state index contributed by atoms with van der Waals surface area (Å²) in [6.45, 7) is 0. The molecule has 0 atom stereocenters. The molecule has 0 saturated heterocycles. The van der Waals surface area contributed by atoms with E-state index < -0.39 is 4.92 Å². The number of methoxy groups -OCH3 is 1. The Morgan fingerprint density at radius 3 is 2.70 bits per heavy atom. The number of hydrogen-bond acceptors (Lipinski definition) is 5. The zero-order chi connectivity index (χ0) is 19.4. The Bertz CT molecular complexity index is 1110. The molecule has 0 fully saturated rings. The molecule has 0 saturated carbocycles. The van der Waals surface area contributed by atoms with Crippen molar-refractivity contribution in [3.05, 3.63) is 91.9 Å². The summed E-state index contributed by atoms with van der Waals surface area (Å²) in [6, 6.07) is 16.6. The average molecular weight is 361 g/mol. The molecule has 0 aliphatic carbocycles. The maximum Gasteiger partial charge on any atom is 0.270 e. The summed E-state index contributed by atoms with van der Waals surface area (Å²) >= 11 is 0. The molecule has 3 aromatic rings. The molecule has 0 aliphatic rings. The highest BCUT2D eigenvalue weighted by molar-refractivity contribution is 5.73. The minimum Gasteiger partial charge on any atom is -0.496 e. The molecule has 1 aromatic heterocycles. The predicted octanol–water partition coefficient (Wildman–Crippen LogP) is 3.42. The first kappa shape index (κ1) is 17.9. The number of hydrogen-bond donors (Lipinski definition) is 1. The van der Waals surface area contributed by atoms with E-state index in [1.165, 1.54) is 25.3 Å². The third-order valence-electron chi connectivity index (χ3n) is 4.06. The largest absolute Gasteiger partial charge is 0.496 e. The second kappa shape index (κ2) is 7.54. The zero-order valence-corrected chi connectivity index (χ0v) is 14.4. The monoisotopic (exact) mass is 361 g/mol. The van der Waals surface area contributed by atoms with Gasteiger partial charge in [-0.05, 0) is 29.3 Å². The molecular weight excluding hydrogens is 346 g/mol. The van der Waals surface area contributed by atoms with E-state index in [-0.39, 0.29) is 11.2 Å². The number of nitro groups is 1. The van der Waals surface area contributed by atoms with Gasteiger partial charge < -0.3 is 9.72 Å². The van der Waals surface area contributed by atoms with E-state index in [1.807, 2.05) is 18.2 Å². The number of pyridine rings is 1. The Labute approximate surface area is 154 Å². The lowest BCUT2D eigenvalue weighted by Crippen LogP contribution is -2.08. The highest BCUT2D eigenvalue weighted by atomic mass is 16.6. The van der Waals surface area contributed by atoms with Gasteiger partial charge in [0.05, 0.1) is 23.7 Å². The van der Waals surface area contributed by atoms with Crippen LogP contribution in [0.5, 0.6) is 5.75 Å². The van der Waals surface area contributed by atoms with Crippen LogP contribution in [0.15, 0.2) is 59.4 Å². The van der Waals surface area contributed by atoms with Gasteiger partial charge >= 0.3 is 0 Å². The Kier molecular flexibility index (Phi) is 4.99. The second-order valence-corrected chi connectivity index (χ2v) is 5.89. The van der Waals surface area contributed by atoms with Gasteiger partial charge in [0.15, 0.2) is 0 Å². The smallest absolute Gasteiger partial charge is 0.270 e. The van der Waals surface area contributed by atoms with Crippen molar-refractivity contribution >= 4 is 5.69 Å². The Morgan fingerprint density at radius 1 is 1.19 bits per heavy atom. The van der Waals surface area contributed by atoms with E-state index in [0.29, 0.717) is 34.6 Å². The number of rotatable bonds is 5. The molecule has 7 nitrogen and oxygen atoms in total. The number of benzene rings is 2. The normalized spacial score (nSPS) is 10.2. The van der Waals surface area contributed by atoms with Crippen LogP contribution >= 0.6 is 0 Å². The SMILES string of the molecule is COc1ccc(Cc2cc(C#N)cc(=O)[nH]2)cc1-c1cccc([N+](=O)[O-])c1. The minimum absolute atomic E-state index is 0.00833. The van der Waals surface area contributed by atoms with Gasteiger partial charge in [-0.25, -0.2) is 0 Å². The van der Waals surface area contributed by atoms with E-state index in [2.05, 4.69) is 4.98 Å². The van der Waals surface area contributed by atoms with E-state index in [4.69, 9.17) is 10.00 Å². The summed E-state index contributed by atoms with van der Waals surface area (Å²) in [6.07, 6.45) is 0.399. The number of nitrogens with one attached hydrogen (secondary N) is 1. The van der Waals surface area contributed by atoms with Crippen LogP contribution in [-0.2, 0) is 6.42 Å². The molecule has 0 spiro atoms. The number of H-pyrrole nitrogens is 1. The summed E-state index contributed by atoms with van der Waals surface area (Å²) < 4.78 is 5.39. The first-order valence-electron chi connectivity index (χ1n) is 8.05. The molecule has 0 unspecified atom stereocenters. The summed E-state index contributed by atoms with van der Waals surface area (Å²) in [5.41, 5.74) is 2.78. The van der Waals surface area contributed by atoms with Crippen molar-refractivity contribution in [2.45, 2.75) is 6.42 Å². The molecule has 1 N–H and O–H groups in total. The number of non-ortho nitro benzene ring substituents is 1. The lowest BCUT2D eigenvalue weighted by Gasteiger charge is -2.11. The molecule has 7 heteroatoms. The zero-order valence-electron chi connectivity index (χ0n) is 14.4. The summed E-state index contributed by atoms with van der Waals surface area (Å²) in [7, 11) is 1.53. The van der Waals surface area contributed by atoms with Gasteiger partial charge in [0.25, 0.3) is 5.69 Å². The maximum atomic E-state index is 11.7. The van der Waals surface area contributed by atoms with Crippen molar-refractivity contribution in [1.82, 2.24) is 4.98 Å². The van der Waals surface area contributed by atoms with Gasteiger partial charge in [-0.3, -0.25) is 14.9 Å². The molecular formula is C20H15N3O4. The Morgan fingerprint density at radius 2 is 2.00 bits per heavy atom. The fourth-order valence-corrected chi connectivity index (χ4v) is 2.86. The van der Waals surface area contributed by atoms with Crippen molar-refractivity contribution in [1.29, 1.82) is 5.26 Å². The quantitative estimate of drug-likeness (QED) is 0.553. The van der Waals surface area contributed by atoms with Gasteiger partial charge in [-0.15, -0.1) is 0 Å². The first-order chi connectivity index (χ1) is 13.0. The highest BCUT2D eigenvalue weighted by Gasteiger charge is 2.12. The fourth-order valence-electron chi connectivity index (χ4n) is 2.86. The number of nitrogens with zero attached hydrogens (tertiary/aromatic N) is 2. The van der Waals surface area contributed by atoms with Gasteiger partial charge in [0.1, 0.15) is 5.75 Å². The number of aromatic nitrogens is 1. The van der Waals surface area contributed by atoms with Crippen LogP contribution < -0.4 is 10.3 Å². The molecule has 1 heterocycles. The molecule has 3 rings (SSSR count). The lowest BCUT2D eigenvalue weighted by molar-refractivity contribution is -0.384. The highest BCUT2D eigenvalue weighted by Crippen LogP contribution is 2.33. The fraction of sp³-hybridized carbons (Fsp3) is 0.100. The standard InChI is InChI=1S/C20H15N3O4/c1-27-19-6-5-13(7-16-8-14(12-21)10-20(24)22-16)9-18(19)15-3-2-4-17(11-15)23(25)26/h2-6,8-11H,7H2,1H3,(H,22,24). The lowest BCUT2D eigenvalue weighted by atomic mass is 9.99. The van der Waals surface area contributed by atoms with Gasteiger partial charge in [0.2, 0.25) is 5.56 Å². The molecule has 0 bridgehead atoms. The van der Waals surface area contributed by atoms with Crippen LogP contribution in [0.2, 0.25) is 0 Å². The van der Waals surface area contributed by atoms with Crippen LogP contribution in [0.4, 0.5) is 5.69 Å². The van der Waals surface area contributed by atoms with Crippen molar-refractivity contribution in [2.75, 3.05) is 7.11 Å². The number of nitro benzene ring substituents is 1. The van der Waals surface area contributed by atoms with Crippen LogP contribution in [0, 0.1) is 21.4 Å². The van der Waals surface area contributed by atoms with E-state index in [0.717, 1.165) is 5.56 Å². The van der Waals surface area contributed by atoms with Gasteiger partial charge in [-0.2, -0.15) is 5.26 Å². The predicted molar refractivity (Wildman–Crippen MR) is 99.7 cm³/mol. The van der Waals surface area contributed by atoms with Crippen LogP contribution in [0.1, 0.15) is 16.8 Å². The van der Waals surface area contributed by atoms with E-state index >= 15 is 0 Å². The maximum absolute atomic E-state index is 11.7. The molecule has 0 aliphatic heterocycles. The van der Waals surface area contributed by atoms with E-state index in [1.54, 1.807) is 24.3 Å². The third-order valence-corrected chi connectivity index (χ3v) is 4.06. The van der Waals surface area contributed by atoms with Crippen molar-refractivity contribution in [3.63, 3.8) is 0 Å². The number of ether oxygens (including phenoxy) is 1. The first-order valence-corrected chi connectivity index (χ1v) is 8.05. The molecule has 0 amide bonds. The second-order valence-electron chi connectivity index (χ2n) is 5.89. The van der Waals surface area contributed by atoms with Crippen molar-refractivity contribution in [2.24, 2.45) is 0 Å². The molecule has 2 aromatic carbocycles. The number of aromatic amines is 1. The van der Waals surface area contributed by atoms with Crippen molar-refractivity contribution in [3.8, 4) is 22.9 Å². The minimum atomic E-state index is -0.446. The summed E-state index contributed by atoms with van der Waals surface area (Å²) in [5, 5.41) is 20.1. The average Bonchev–Trinajstić information content (AvgIpc) is 2.67. The van der Waals surface area contributed by atoms with Gasteiger partial charge in [0, 0.05) is 35.9 Å². The Balaban J connectivity index is 2.03. The topological polar surface area (TPSA) is 109 Å².